The number of carboxylic acids is 6. The van der Waals surface area contributed by atoms with Crippen molar-refractivity contribution in [1.82, 2.24) is 71.3 Å². The molecule has 12 atom stereocenters. The van der Waals surface area contributed by atoms with E-state index in [0.29, 0.717) is 22.8 Å². The molecule has 654 valence electrons. The van der Waals surface area contributed by atoms with E-state index < -0.39 is 184 Å². The molecule has 2 aliphatic heterocycles. The minimum absolute atomic E-state index is 0. The maximum atomic E-state index is 12.8. The number of carboxylic acid groups (broad SMARTS) is 6. The number of aliphatic hydroxyl groups excluding tert-OH is 12. The molecule has 0 aliphatic carbocycles. The van der Waals surface area contributed by atoms with E-state index in [0.717, 1.165) is 0 Å². The summed E-state index contributed by atoms with van der Waals surface area (Å²) in [6.45, 7) is -6.26. The van der Waals surface area contributed by atoms with Gasteiger partial charge in [0.25, 0.3) is 0 Å². The molecule has 4 heterocycles. The average molecular weight is 1950 g/mol. The van der Waals surface area contributed by atoms with E-state index in [2.05, 4.69) is 41.9 Å². The van der Waals surface area contributed by atoms with E-state index in [1.165, 1.54) is 29.4 Å². The molecule has 44 nitrogen and oxygen atoms in total. The van der Waals surface area contributed by atoms with Crippen LogP contribution in [0, 0.1) is 79.9 Å². The second-order valence-electron chi connectivity index (χ2n) is 27.4. The first-order valence-corrected chi connectivity index (χ1v) is 37.2. The Morgan fingerprint density at radius 1 is 0.276 bits per heavy atom. The third kappa shape index (κ3) is 42.7. The summed E-state index contributed by atoms with van der Waals surface area (Å²) < 4.78 is 0. The molecule has 2 aromatic rings. The fourth-order valence-electron chi connectivity index (χ4n) is 12.2. The van der Waals surface area contributed by atoms with Crippen LogP contribution in [0.4, 0.5) is 0 Å². The summed E-state index contributed by atoms with van der Waals surface area (Å²) in [5, 5.41) is 188. The van der Waals surface area contributed by atoms with Gasteiger partial charge in [-0.05, 0) is 62.8 Å². The second-order valence-corrected chi connectivity index (χ2v) is 27.4. The van der Waals surface area contributed by atoms with Gasteiger partial charge in [0.15, 0.2) is 0 Å². The van der Waals surface area contributed by atoms with Crippen LogP contribution >= 0.6 is 0 Å². The summed E-state index contributed by atoms with van der Waals surface area (Å²) in [5.41, 5.74) is 1.52. The van der Waals surface area contributed by atoms with Crippen LogP contribution < -0.4 is 31.9 Å². The third-order valence-electron chi connectivity index (χ3n) is 18.6. The Kier molecular flexibility index (Phi) is 55.4. The van der Waals surface area contributed by atoms with Crippen molar-refractivity contribution >= 4 is 71.3 Å². The van der Waals surface area contributed by atoms with Crippen LogP contribution in [0.15, 0.2) is 36.4 Å². The molecule has 116 heavy (non-hydrogen) atoms. The van der Waals surface area contributed by atoms with Crippen LogP contribution in [0.1, 0.15) is 99.8 Å². The first-order valence-electron chi connectivity index (χ1n) is 37.2. The predicted octanol–water partition coefficient (Wildman–Crippen LogP) is -9.78. The zero-order valence-corrected chi connectivity index (χ0v) is 68.6. The summed E-state index contributed by atoms with van der Waals surface area (Å²) in [5.74, 6) is -11.3. The van der Waals surface area contributed by atoms with E-state index in [-0.39, 0.29) is 275 Å². The Balaban J connectivity index is 0.00000114. The molecule has 4 bridgehead atoms. The molecule has 4 rings (SSSR count). The number of nitrogens with one attached hydrogen (secondary N) is 6. The van der Waals surface area contributed by atoms with E-state index in [1.807, 2.05) is 0 Å². The van der Waals surface area contributed by atoms with Gasteiger partial charge in [0.05, 0.1) is 99.0 Å². The molecule has 0 spiro atoms. The first kappa shape index (κ1) is 108. The topological polar surface area (TPSA) is 686 Å². The molecule has 6 unspecified atom stereocenters. The Bertz CT molecular complexity index is 2990. The molecule has 0 saturated carbocycles. The predicted molar refractivity (Wildman–Crippen MR) is 394 cm³/mol. The monoisotopic (exact) mass is 1950 g/mol. The molecule has 24 N–H and O–H groups in total. The van der Waals surface area contributed by atoms with Crippen molar-refractivity contribution in [3.8, 4) is 0 Å². The normalized spacial score (nSPS) is 17.4. The van der Waals surface area contributed by atoms with E-state index in [1.54, 1.807) is 36.4 Å². The number of rotatable bonds is 48. The van der Waals surface area contributed by atoms with Crippen molar-refractivity contribution < 1.29 is 229 Å². The number of aliphatic carboxylic acids is 6. The maximum absolute atomic E-state index is 12.8. The summed E-state index contributed by atoms with van der Waals surface area (Å²) in [6.07, 6.45) is -10.3. The van der Waals surface area contributed by atoms with Crippen LogP contribution in [-0.4, -0.2) is 407 Å². The molecule has 0 saturated heterocycles. The standard InChI is InChI=1S/2C35H57N7O15.2Gd/c2*43-19-24(46)14-36-30(49)7-4-27(33(52)53)40-10-12-41(28(34(54)55)5-8-31(50)37-15-25(47)20-44)17-22-2-1-3-23(39-22)18-42(13-11-40)29(35(56)57)6-9-32(51)38-16-26(48)21-45;;/h2*1-3,24-29,43-48H,4-21H2,(H,36,49)(H,37,50)(H,38,51)(H,52,53)(H,54,55)(H,56,57);;/q;;2*+3/t24?,25?,26?,27-,28-,29+;24?,25?,26?,27-,28-,29-;;/m10../s1. The van der Waals surface area contributed by atoms with E-state index in [4.69, 9.17) is 30.6 Å². The summed E-state index contributed by atoms with van der Waals surface area (Å²) >= 11 is 0. The first-order chi connectivity index (χ1) is 54.1. The van der Waals surface area contributed by atoms with Crippen LogP contribution in [-0.2, 0) is 83.7 Å². The number of fused-ring (bicyclic) bond motifs is 4. The van der Waals surface area contributed by atoms with Gasteiger partial charge in [-0.1, -0.05) is 12.1 Å². The van der Waals surface area contributed by atoms with Gasteiger partial charge < -0.3 is 124 Å². The number of carbonyl (C=O) groups is 12. The molecular weight excluding hydrogens is 1830 g/mol. The molecule has 2 aliphatic rings. The maximum Gasteiger partial charge on any atom is 3.00 e. The van der Waals surface area contributed by atoms with E-state index in [9.17, 15) is 119 Å². The van der Waals surface area contributed by atoms with Gasteiger partial charge in [0, 0.05) is 156 Å². The van der Waals surface area contributed by atoms with Gasteiger partial charge in [-0.2, -0.15) is 0 Å². The molecule has 2 radical (unpaired) electrons. The summed E-state index contributed by atoms with van der Waals surface area (Å²) in [4.78, 5) is 170. The SMILES string of the molecule is O=C(CC[C@@H](C(=O)O)N1CCN([C@@H](CCC(=O)NCC(O)CO)C(=O)O)Cc2cccc(n2)CN([C@@H](CCC(=O)NCC(O)CO)C(=O)O)CC1)NCC(O)CO.O=C(CC[C@H](C(=O)O)N1CCN([C@H](CCC(=O)NCC(O)CO)C(=O)O)Cc2cccc(n2)CN([C@@H](CCC(=O)NCC(O)CO)C(=O)O)CC1)NCC(O)CO.[Gd+3].[Gd+3]. The molecule has 6 amide bonds. The summed E-state index contributed by atoms with van der Waals surface area (Å²) in [6, 6.07) is 1.99. The third-order valence-corrected chi connectivity index (χ3v) is 18.6. The number of amides is 6. The van der Waals surface area contributed by atoms with Gasteiger partial charge in [0.1, 0.15) is 36.3 Å². The molecule has 0 fully saturated rings. The van der Waals surface area contributed by atoms with Crippen molar-refractivity contribution in [2.24, 2.45) is 0 Å². The molecule has 2 aromatic heterocycles. The number of aliphatic hydroxyl groups is 12. The number of pyridine rings is 2. The van der Waals surface area contributed by atoms with Crippen LogP contribution in [0.3, 0.4) is 0 Å². The van der Waals surface area contributed by atoms with Crippen molar-refractivity contribution in [2.45, 2.75) is 176 Å². The Hall–Kier alpha value is -6.13. The zero-order chi connectivity index (χ0) is 85.0. The largest absolute Gasteiger partial charge is 3.00 e. The average Bonchev–Trinajstić information content (AvgIpc) is 0.833. The van der Waals surface area contributed by atoms with Crippen molar-refractivity contribution in [3.05, 3.63) is 59.2 Å². The van der Waals surface area contributed by atoms with Crippen molar-refractivity contribution in [1.29, 1.82) is 0 Å². The minimum atomic E-state index is -1.35. The second kappa shape index (κ2) is 59.5. The van der Waals surface area contributed by atoms with Crippen molar-refractivity contribution in [3.63, 3.8) is 0 Å². The van der Waals surface area contributed by atoms with Gasteiger partial charge in [-0.3, -0.25) is 96.9 Å². The van der Waals surface area contributed by atoms with Gasteiger partial charge in [0.2, 0.25) is 35.4 Å². The number of hydrogen-bond donors (Lipinski definition) is 24. The zero-order valence-electron chi connectivity index (χ0n) is 64.1. The fourth-order valence-corrected chi connectivity index (χ4v) is 12.2. The Morgan fingerprint density at radius 2 is 0.422 bits per heavy atom. The molecular formula is C70H114Gd2N14O30+6. The fraction of sp³-hybridized carbons (Fsp3) is 0.686. The Labute approximate surface area is 732 Å². The van der Waals surface area contributed by atoms with E-state index >= 15 is 0 Å². The van der Waals surface area contributed by atoms with Crippen LogP contribution in [0.5, 0.6) is 0 Å². The van der Waals surface area contributed by atoms with Crippen molar-refractivity contribution in [2.75, 3.05) is 131 Å². The number of aromatic nitrogens is 2. The van der Waals surface area contributed by atoms with Gasteiger partial charge in [-0.25, -0.2) is 0 Å². The van der Waals surface area contributed by atoms with Crippen LogP contribution in [0.25, 0.3) is 0 Å². The molecule has 0 aromatic carbocycles. The number of hydrogen-bond acceptors (Lipinski definition) is 32. The number of carbonyl (C=O) groups excluding carboxylic acids is 6. The summed E-state index contributed by atoms with van der Waals surface area (Å²) in [7, 11) is 0. The van der Waals surface area contributed by atoms with Crippen LogP contribution in [0.2, 0.25) is 0 Å². The van der Waals surface area contributed by atoms with Gasteiger partial charge >= 0.3 is 116 Å². The molecule has 46 heteroatoms. The minimum Gasteiger partial charge on any atom is -0.480 e. The Morgan fingerprint density at radius 3 is 0.569 bits per heavy atom. The quantitative estimate of drug-likeness (QED) is 0.0293. The number of nitrogens with zero attached hydrogens (tertiary/aromatic N) is 8. The smallest absolute Gasteiger partial charge is 0.480 e. The van der Waals surface area contributed by atoms with Gasteiger partial charge in [-0.15, -0.1) is 0 Å².